The number of H-pyrrole nitrogens is 1. The van der Waals surface area contributed by atoms with E-state index in [9.17, 15) is 13.2 Å². The third-order valence-corrected chi connectivity index (χ3v) is 6.05. The van der Waals surface area contributed by atoms with Gasteiger partial charge >= 0.3 is 5.97 Å². The predicted octanol–water partition coefficient (Wildman–Crippen LogP) is 3.57. The van der Waals surface area contributed by atoms with Gasteiger partial charge < -0.3 is 9.72 Å². The van der Waals surface area contributed by atoms with E-state index in [4.69, 9.17) is 16.3 Å². The molecule has 1 N–H and O–H groups in total. The minimum Gasteiger partial charge on any atom is -0.461 e. The monoisotopic (exact) mass is 355 g/mol. The Morgan fingerprint density at radius 3 is 2.78 bits per heavy atom. The number of carbonyl (C=O) groups is 1. The summed E-state index contributed by atoms with van der Waals surface area (Å²) in [5.41, 5.74) is 0.544. The third-order valence-electron chi connectivity index (χ3n) is 4.00. The molecule has 2 aromatic rings. The third kappa shape index (κ3) is 3.38. The van der Waals surface area contributed by atoms with Crippen molar-refractivity contribution in [2.75, 3.05) is 12.4 Å². The molecule has 0 atom stereocenters. The van der Waals surface area contributed by atoms with Gasteiger partial charge in [0.2, 0.25) is 0 Å². The lowest BCUT2D eigenvalue weighted by Gasteiger charge is -2.06. The van der Waals surface area contributed by atoms with Crippen LogP contribution in [0.5, 0.6) is 0 Å². The van der Waals surface area contributed by atoms with E-state index in [1.807, 2.05) is 0 Å². The van der Waals surface area contributed by atoms with E-state index in [0.29, 0.717) is 28.3 Å². The van der Waals surface area contributed by atoms with Crippen LogP contribution in [-0.4, -0.2) is 31.7 Å². The molecule has 7 heteroatoms. The second-order valence-electron chi connectivity index (χ2n) is 5.79. The smallest absolute Gasteiger partial charge is 0.356 e. The lowest BCUT2D eigenvalue weighted by molar-refractivity contribution is 0.0516. The molecule has 0 aliphatic heterocycles. The maximum absolute atomic E-state index is 12.8. The van der Waals surface area contributed by atoms with Crippen LogP contribution in [0.1, 0.15) is 36.7 Å². The zero-order chi connectivity index (χ0) is 16.6. The summed E-state index contributed by atoms with van der Waals surface area (Å²) >= 11 is 6.00. The van der Waals surface area contributed by atoms with E-state index in [1.54, 1.807) is 25.1 Å². The Bertz CT molecular complexity index is 852. The molecule has 0 amide bonds. The Kier molecular flexibility index (Phi) is 4.38. The number of ether oxygens (including phenoxy) is 1. The van der Waals surface area contributed by atoms with E-state index in [2.05, 4.69) is 4.98 Å². The molecule has 0 saturated heterocycles. The van der Waals surface area contributed by atoms with Gasteiger partial charge in [0.25, 0.3) is 0 Å². The van der Waals surface area contributed by atoms with Gasteiger partial charge in [-0.2, -0.15) is 0 Å². The van der Waals surface area contributed by atoms with Crippen molar-refractivity contribution in [3.8, 4) is 0 Å². The van der Waals surface area contributed by atoms with Crippen LogP contribution in [0.15, 0.2) is 23.1 Å². The molecule has 0 radical (unpaired) electrons. The Balaban J connectivity index is 2.12. The van der Waals surface area contributed by atoms with E-state index in [-0.39, 0.29) is 22.9 Å². The second-order valence-corrected chi connectivity index (χ2v) is 8.27. The number of benzene rings is 1. The van der Waals surface area contributed by atoms with E-state index in [0.717, 1.165) is 12.8 Å². The van der Waals surface area contributed by atoms with Gasteiger partial charge in [-0.15, -0.1) is 0 Å². The Morgan fingerprint density at radius 1 is 1.39 bits per heavy atom. The summed E-state index contributed by atoms with van der Waals surface area (Å²) in [6.45, 7) is 1.86. The molecule has 1 heterocycles. The van der Waals surface area contributed by atoms with E-state index >= 15 is 0 Å². The fraction of sp³-hybridized carbons (Fsp3) is 0.438. The summed E-state index contributed by atoms with van der Waals surface area (Å²) in [5, 5.41) is 0.863. The van der Waals surface area contributed by atoms with Gasteiger partial charge in [-0.1, -0.05) is 24.4 Å². The summed E-state index contributed by atoms with van der Waals surface area (Å²) in [4.78, 5) is 15.0. The van der Waals surface area contributed by atoms with Crippen LogP contribution in [0.25, 0.3) is 10.9 Å². The molecule has 1 aromatic heterocycles. The fourth-order valence-electron chi connectivity index (χ4n) is 2.64. The molecule has 1 saturated carbocycles. The molecule has 0 unspecified atom stereocenters. The van der Waals surface area contributed by atoms with Crippen molar-refractivity contribution in [2.24, 2.45) is 5.92 Å². The van der Waals surface area contributed by atoms with Crippen LogP contribution in [0.3, 0.4) is 0 Å². The molecular formula is C16H18ClNO4S. The fourth-order valence-corrected chi connectivity index (χ4v) is 4.61. The van der Waals surface area contributed by atoms with Crippen LogP contribution < -0.4 is 0 Å². The number of sulfone groups is 1. The van der Waals surface area contributed by atoms with Crippen LogP contribution in [0.2, 0.25) is 5.02 Å². The number of nitrogens with one attached hydrogen (secondary N) is 1. The van der Waals surface area contributed by atoms with E-state index in [1.165, 1.54) is 0 Å². The van der Waals surface area contributed by atoms with Crippen LogP contribution in [-0.2, 0) is 14.6 Å². The van der Waals surface area contributed by atoms with Crippen molar-refractivity contribution < 1.29 is 17.9 Å². The van der Waals surface area contributed by atoms with Crippen molar-refractivity contribution in [3.05, 3.63) is 28.9 Å². The Labute approximate surface area is 139 Å². The highest BCUT2D eigenvalue weighted by Gasteiger charge is 2.31. The van der Waals surface area contributed by atoms with Crippen LogP contribution in [0, 0.1) is 5.92 Å². The Morgan fingerprint density at radius 2 is 2.13 bits per heavy atom. The molecule has 0 bridgehead atoms. The first-order valence-electron chi connectivity index (χ1n) is 7.63. The minimum atomic E-state index is -3.60. The normalized spacial score (nSPS) is 15.0. The number of aromatic amines is 1. The number of halogens is 1. The molecule has 1 fully saturated rings. The topological polar surface area (TPSA) is 76.2 Å². The summed E-state index contributed by atoms with van der Waals surface area (Å²) in [6, 6.07) is 4.89. The largest absolute Gasteiger partial charge is 0.461 e. The number of carbonyl (C=O) groups excluding carboxylic acids is 1. The summed E-state index contributed by atoms with van der Waals surface area (Å²) in [6.07, 6.45) is 2.79. The average molecular weight is 356 g/mol. The number of hydrogen-bond acceptors (Lipinski definition) is 4. The minimum absolute atomic E-state index is 0.00843. The van der Waals surface area contributed by atoms with Gasteiger partial charge in [-0.05, 0) is 37.5 Å². The molecule has 0 spiro atoms. The number of aromatic nitrogens is 1. The molecule has 5 nitrogen and oxygen atoms in total. The highest BCUT2D eigenvalue weighted by atomic mass is 35.5. The lowest BCUT2D eigenvalue weighted by atomic mass is 10.2. The zero-order valence-electron chi connectivity index (χ0n) is 12.8. The van der Waals surface area contributed by atoms with Gasteiger partial charge in [-0.25, -0.2) is 13.2 Å². The number of esters is 1. The molecule has 23 heavy (non-hydrogen) atoms. The number of rotatable bonds is 6. The molecule has 3 rings (SSSR count). The second kappa shape index (κ2) is 6.17. The molecular weight excluding hydrogens is 338 g/mol. The quantitative estimate of drug-likeness (QED) is 0.803. The van der Waals surface area contributed by atoms with Gasteiger partial charge in [-0.3, -0.25) is 0 Å². The summed E-state index contributed by atoms with van der Waals surface area (Å²) < 4.78 is 30.6. The highest BCUT2D eigenvalue weighted by Crippen LogP contribution is 2.35. The Hall–Kier alpha value is -1.53. The lowest BCUT2D eigenvalue weighted by Crippen LogP contribution is -2.14. The maximum Gasteiger partial charge on any atom is 0.356 e. The highest BCUT2D eigenvalue weighted by molar-refractivity contribution is 7.91. The van der Waals surface area contributed by atoms with Crippen molar-refractivity contribution in [3.63, 3.8) is 0 Å². The zero-order valence-corrected chi connectivity index (χ0v) is 14.3. The predicted molar refractivity (Wildman–Crippen MR) is 88.7 cm³/mol. The van der Waals surface area contributed by atoms with E-state index < -0.39 is 15.8 Å². The van der Waals surface area contributed by atoms with Crippen molar-refractivity contribution in [1.82, 2.24) is 4.98 Å². The molecule has 1 aromatic carbocycles. The van der Waals surface area contributed by atoms with Crippen molar-refractivity contribution in [2.45, 2.75) is 31.1 Å². The average Bonchev–Trinajstić information content (AvgIpc) is 3.24. The van der Waals surface area contributed by atoms with Crippen molar-refractivity contribution in [1.29, 1.82) is 0 Å². The van der Waals surface area contributed by atoms with Crippen molar-refractivity contribution >= 4 is 38.3 Å². The molecule has 1 aliphatic rings. The molecule has 1 aliphatic carbocycles. The first kappa shape index (κ1) is 16.3. The number of hydrogen-bond donors (Lipinski definition) is 1. The SMILES string of the molecule is CCOC(=O)c1[nH]c2ccc(Cl)cc2c1S(=O)(=O)CCC1CC1. The summed E-state index contributed by atoms with van der Waals surface area (Å²) in [7, 11) is -3.60. The van der Waals surface area contributed by atoms with Gasteiger partial charge in [0.15, 0.2) is 9.84 Å². The first-order chi connectivity index (χ1) is 10.9. The van der Waals surface area contributed by atoms with Gasteiger partial charge in [0, 0.05) is 15.9 Å². The van der Waals surface area contributed by atoms with Gasteiger partial charge in [0.1, 0.15) is 10.6 Å². The van der Waals surface area contributed by atoms with Crippen LogP contribution >= 0.6 is 11.6 Å². The summed E-state index contributed by atoms with van der Waals surface area (Å²) in [5.74, 6) is -0.141. The van der Waals surface area contributed by atoms with Crippen LogP contribution in [0.4, 0.5) is 0 Å². The maximum atomic E-state index is 12.8. The standard InChI is InChI=1S/C16H18ClNO4S/c1-2-22-16(19)14-15(23(20,21)8-7-10-3-4-10)12-9-11(17)5-6-13(12)18-14/h5-6,9-10,18H,2-4,7-8H2,1H3. The number of fused-ring (bicyclic) bond motifs is 1. The first-order valence-corrected chi connectivity index (χ1v) is 9.66. The van der Waals surface area contributed by atoms with Gasteiger partial charge in [0.05, 0.1) is 12.4 Å². The molecule has 124 valence electrons.